The van der Waals surface area contributed by atoms with Crippen LogP contribution in [0.3, 0.4) is 0 Å². The quantitative estimate of drug-likeness (QED) is 0.752. The molecule has 0 heterocycles. The normalized spacial score (nSPS) is 12.3. The first-order valence-electron chi connectivity index (χ1n) is 10.0. The third kappa shape index (κ3) is 6.70. The highest BCUT2D eigenvalue weighted by Crippen LogP contribution is 2.18. The van der Waals surface area contributed by atoms with Crippen LogP contribution in [0.5, 0.6) is 0 Å². The average Bonchev–Trinajstić information content (AvgIpc) is 2.63. The standard InChI is InChI=1S/C24H31FN2O2/c1-6-21(23(29)26-24(3,4)5)27(16-19-10-8-7-9-17(19)2)22(28)15-18-11-13-20(25)14-12-18/h7-14,21H,6,15-16H2,1-5H3,(H,26,29)/t21-/m1/s1. The van der Waals surface area contributed by atoms with Crippen molar-refractivity contribution in [1.82, 2.24) is 10.2 Å². The van der Waals surface area contributed by atoms with E-state index in [0.717, 1.165) is 16.7 Å². The Hall–Kier alpha value is -2.69. The molecule has 0 spiro atoms. The zero-order valence-electron chi connectivity index (χ0n) is 18.0. The minimum atomic E-state index is -0.582. The van der Waals surface area contributed by atoms with Crippen molar-refractivity contribution in [3.05, 3.63) is 71.0 Å². The summed E-state index contributed by atoms with van der Waals surface area (Å²) in [6.07, 6.45) is 0.619. The van der Waals surface area contributed by atoms with Crippen molar-refractivity contribution >= 4 is 11.8 Å². The summed E-state index contributed by atoms with van der Waals surface area (Å²) in [5.41, 5.74) is 2.40. The van der Waals surface area contributed by atoms with Crippen molar-refractivity contribution in [2.24, 2.45) is 0 Å². The van der Waals surface area contributed by atoms with Gasteiger partial charge in [-0.15, -0.1) is 0 Å². The number of rotatable bonds is 7. The fourth-order valence-corrected chi connectivity index (χ4v) is 3.22. The number of hydrogen-bond acceptors (Lipinski definition) is 2. The molecule has 0 radical (unpaired) electrons. The highest BCUT2D eigenvalue weighted by molar-refractivity contribution is 5.88. The lowest BCUT2D eigenvalue weighted by Crippen LogP contribution is -2.53. The molecule has 1 N–H and O–H groups in total. The molecule has 0 aromatic heterocycles. The molecule has 2 aromatic carbocycles. The predicted octanol–water partition coefficient (Wildman–Crippen LogP) is 4.40. The smallest absolute Gasteiger partial charge is 0.243 e. The zero-order valence-corrected chi connectivity index (χ0v) is 18.0. The minimum absolute atomic E-state index is 0.117. The van der Waals surface area contributed by atoms with Crippen LogP contribution in [0.4, 0.5) is 4.39 Å². The molecule has 2 aromatic rings. The summed E-state index contributed by atoms with van der Waals surface area (Å²) < 4.78 is 13.2. The molecule has 5 heteroatoms. The summed E-state index contributed by atoms with van der Waals surface area (Å²) in [4.78, 5) is 27.8. The number of amides is 2. The van der Waals surface area contributed by atoms with Crippen LogP contribution in [0.15, 0.2) is 48.5 Å². The van der Waals surface area contributed by atoms with E-state index in [0.29, 0.717) is 13.0 Å². The van der Waals surface area contributed by atoms with Gasteiger partial charge in [0.2, 0.25) is 11.8 Å². The van der Waals surface area contributed by atoms with Gasteiger partial charge in [0.25, 0.3) is 0 Å². The van der Waals surface area contributed by atoms with Gasteiger partial charge in [0.05, 0.1) is 6.42 Å². The van der Waals surface area contributed by atoms with Crippen LogP contribution in [0.25, 0.3) is 0 Å². The largest absolute Gasteiger partial charge is 0.350 e. The lowest BCUT2D eigenvalue weighted by molar-refractivity contribution is -0.141. The number of carbonyl (C=O) groups excluding carboxylic acids is 2. The summed E-state index contributed by atoms with van der Waals surface area (Å²) in [6.45, 7) is 10.0. The van der Waals surface area contributed by atoms with E-state index in [1.807, 2.05) is 58.9 Å². The Morgan fingerprint density at radius 3 is 2.24 bits per heavy atom. The maximum absolute atomic E-state index is 13.2. The molecular weight excluding hydrogens is 367 g/mol. The summed E-state index contributed by atoms with van der Waals surface area (Å²) in [5, 5.41) is 2.99. The Balaban J connectivity index is 2.32. The maximum Gasteiger partial charge on any atom is 0.243 e. The summed E-state index contributed by atoms with van der Waals surface area (Å²) >= 11 is 0. The second-order valence-corrected chi connectivity index (χ2v) is 8.41. The van der Waals surface area contributed by atoms with Gasteiger partial charge in [0, 0.05) is 12.1 Å². The third-order valence-electron chi connectivity index (χ3n) is 4.75. The topological polar surface area (TPSA) is 49.4 Å². The summed E-state index contributed by atoms with van der Waals surface area (Å²) in [6, 6.07) is 13.2. The molecule has 0 fully saturated rings. The van der Waals surface area contributed by atoms with Crippen LogP contribution in [-0.4, -0.2) is 28.3 Å². The van der Waals surface area contributed by atoms with Gasteiger partial charge < -0.3 is 10.2 Å². The van der Waals surface area contributed by atoms with E-state index in [4.69, 9.17) is 0 Å². The minimum Gasteiger partial charge on any atom is -0.350 e. The number of carbonyl (C=O) groups is 2. The Bertz CT molecular complexity index is 841. The number of benzene rings is 2. The van der Waals surface area contributed by atoms with Crippen LogP contribution in [0.2, 0.25) is 0 Å². The lowest BCUT2D eigenvalue weighted by Gasteiger charge is -2.33. The maximum atomic E-state index is 13.2. The molecule has 2 rings (SSSR count). The molecule has 4 nitrogen and oxygen atoms in total. The van der Waals surface area contributed by atoms with Crippen molar-refractivity contribution in [1.29, 1.82) is 0 Å². The second-order valence-electron chi connectivity index (χ2n) is 8.41. The fourth-order valence-electron chi connectivity index (χ4n) is 3.22. The van der Waals surface area contributed by atoms with Crippen molar-refractivity contribution in [2.45, 2.75) is 65.6 Å². The van der Waals surface area contributed by atoms with Gasteiger partial charge in [-0.3, -0.25) is 9.59 Å². The van der Waals surface area contributed by atoms with Crippen molar-refractivity contribution in [3.63, 3.8) is 0 Å². The number of aryl methyl sites for hydroxylation is 1. The van der Waals surface area contributed by atoms with Crippen molar-refractivity contribution < 1.29 is 14.0 Å². The molecule has 0 bridgehead atoms. The highest BCUT2D eigenvalue weighted by Gasteiger charge is 2.30. The van der Waals surface area contributed by atoms with Gasteiger partial charge in [-0.25, -0.2) is 4.39 Å². The van der Waals surface area contributed by atoms with E-state index in [2.05, 4.69) is 5.32 Å². The van der Waals surface area contributed by atoms with Crippen LogP contribution < -0.4 is 5.32 Å². The first-order chi connectivity index (χ1) is 13.6. The van der Waals surface area contributed by atoms with E-state index in [9.17, 15) is 14.0 Å². The number of nitrogens with one attached hydrogen (secondary N) is 1. The molecule has 0 aliphatic rings. The molecule has 0 saturated heterocycles. The zero-order chi connectivity index (χ0) is 21.6. The van der Waals surface area contributed by atoms with Gasteiger partial charge in [0.15, 0.2) is 0 Å². The van der Waals surface area contributed by atoms with E-state index >= 15 is 0 Å². The lowest BCUT2D eigenvalue weighted by atomic mass is 10.0. The van der Waals surface area contributed by atoms with Gasteiger partial charge in [-0.2, -0.15) is 0 Å². The Morgan fingerprint density at radius 1 is 1.07 bits per heavy atom. The molecule has 0 aliphatic heterocycles. The van der Waals surface area contributed by atoms with Crippen LogP contribution >= 0.6 is 0 Å². The highest BCUT2D eigenvalue weighted by atomic mass is 19.1. The molecule has 0 unspecified atom stereocenters. The Labute approximate surface area is 173 Å². The monoisotopic (exact) mass is 398 g/mol. The summed E-state index contributed by atoms with van der Waals surface area (Å²) in [5.74, 6) is -0.661. The van der Waals surface area contributed by atoms with Gasteiger partial charge >= 0.3 is 0 Å². The second kappa shape index (κ2) is 9.68. The Kier molecular flexibility index (Phi) is 7.54. The predicted molar refractivity (Wildman–Crippen MR) is 114 cm³/mol. The molecule has 1 atom stereocenters. The molecular formula is C24H31FN2O2. The van der Waals surface area contributed by atoms with E-state index in [1.54, 1.807) is 17.0 Å². The number of halogens is 1. The van der Waals surface area contributed by atoms with Crippen LogP contribution in [0, 0.1) is 12.7 Å². The molecule has 2 amide bonds. The van der Waals surface area contributed by atoms with Gasteiger partial charge in [-0.1, -0.05) is 43.3 Å². The van der Waals surface area contributed by atoms with E-state index in [-0.39, 0.29) is 24.1 Å². The first-order valence-corrected chi connectivity index (χ1v) is 10.0. The van der Waals surface area contributed by atoms with Gasteiger partial charge in [-0.05, 0) is 62.9 Å². The summed E-state index contributed by atoms with van der Waals surface area (Å²) in [7, 11) is 0. The van der Waals surface area contributed by atoms with E-state index in [1.165, 1.54) is 12.1 Å². The molecule has 0 saturated carbocycles. The van der Waals surface area contributed by atoms with Crippen LogP contribution in [0.1, 0.15) is 50.8 Å². The van der Waals surface area contributed by atoms with Crippen molar-refractivity contribution in [3.8, 4) is 0 Å². The SMILES string of the molecule is CC[C@H](C(=O)NC(C)(C)C)N(Cc1ccccc1C)C(=O)Cc1ccc(F)cc1. The van der Waals surface area contributed by atoms with Crippen molar-refractivity contribution in [2.75, 3.05) is 0 Å². The Morgan fingerprint density at radius 2 is 1.69 bits per heavy atom. The van der Waals surface area contributed by atoms with Gasteiger partial charge in [0.1, 0.15) is 11.9 Å². The number of hydrogen-bond donors (Lipinski definition) is 1. The van der Waals surface area contributed by atoms with Crippen LogP contribution in [-0.2, 0) is 22.6 Å². The average molecular weight is 399 g/mol. The third-order valence-corrected chi connectivity index (χ3v) is 4.75. The molecule has 156 valence electrons. The fraction of sp³-hybridized carbons (Fsp3) is 0.417. The first kappa shape index (κ1) is 22.6. The molecule has 0 aliphatic carbocycles. The van der Waals surface area contributed by atoms with E-state index < -0.39 is 11.6 Å². The molecule has 29 heavy (non-hydrogen) atoms. The number of nitrogens with zero attached hydrogens (tertiary/aromatic N) is 1.